The zero-order valence-corrected chi connectivity index (χ0v) is 7.58. The van der Waals surface area contributed by atoms with Crippen LogP contribution in [0.5, 0.6) is 0 Å². The molecule has 0 spiro atoms. The SMILES string of the molecule is CCC(C=O)c1ccccc1C. The van der Waals surface area contributed by atoms with Crippen molar-refractivity contribution in [3.63, 3.8) is 0 Å². The lowest BCUT2D eigenvalue weighted by molar-refractivity contribution is -0.109. The summed E-state index contributed by atoms with van der Waals surface area (Å²) in [5.74, 6) is 0.0752. The highest BCUT2D eigenvalue weighted by molar-refractivity contribution is 5.62. The molecule has 1 aromatic carbocycles. The normalized spacial score (nSPS) is 12.5. The molecule has 1 heteroatoms. The van der Waals surface area contributed by atoms with Crippen molar-refractivity contribution in [2.24, 2.45) is 0 Å². The molecule has 0 heterocycles. The molecule has 0 saturated heterocycles. The van der Waals surface area contributed by atoms with E-state index in [1.54, 1.807) is 0 Å². The first-order chi connectivity index (χ1) is 5.79. The van der Waals surface area contributed by atoms with Crippen molar-refractivity contribution in [3.05, 3.63) is 35.4 Å². The van der Waals surface area contributed by atoms with E-state index in [9.17, 15) is 4.79 Å². The Kier molecular flexibility index (Phi) is 3.03. The maximum Gasteiger partial charge on any atom is 0.127 e. The third-order valence-corrected chi connectivity index (χ3v) is 2.19. The van der Waals surface area contributed by atoms with Crippen LogP contribution >= 0.6 is 0 Å². The van der Waals surface area contributed by atoms with Gasteiger partial charge in [0, 0.05) is 5.92 Å². The van der Waals surface area contributed by atoms with E-state index >= 15 is 0 Å². The van der Waals surface area contributed by atoms with Gasteiger partial charge in [-0.25, -0.2) is 0 Å². The van der Waals surface area contributed by atoms with E-state index in [1.807, 2.05) is 38.1 Å². The molecule has 1 rings (SSSR count). The number of carbonyl (C=O) groups is 1. The Morgan fingerprint density at radius 2 is 2.08 bits per heavy atom. The van der Waals surface area contributed by atoms with Gasteiger partial charge in [-0.2, -0.15) is 0 Å². The summed E-state index contributed by atoms with van der Waals surface area (Å²) in [6.45, 7) is 4.08. The van der Waals surface area contributed by atoms with Gasteiger partial charge in [0.25, 0.3) is 0 Å². The lowest BCUT2D eigenvalue weighted by Crippen LogP contribution is -2.00. The highest BCUT2D eigenvalue weighted by Gasteiger charge is 2.08. The summed E-state index contributed by atoms with van der Waals surface area (Å²) in [6.07, 6.45) is 1.91. The van der Waals surface area contributed by atoms with Crippen molar-refractivity contribution in [1.82, 2.24) is 0 Å². The Labute approximate surface area is 73.4 Å². The first-order valence-corrected chi connectivity index (χ1v) is 4.30. The van der Waals surface area contributed by atoms with Crippen LogP contribution in [0.2, 0.25) is 0 Å². The lowest BCUT2D eigenvalue weighted by Gasteiger charge is -2.09. The number of aldehydes is 1. The maximum atomic E-state index is 10.7. The van der Waals surface area contributed by atoms with Crippen molar-refractivity contribution < 1.29 is 4.79 Å². The van der Waals surface area contributed by atoms with Crippen LogP contribution in [-0.2, 0) is 4.79 Å². The molecule has 0 amide bonds. The fourth-order valence-electron chi connectivity index (χ4n) is 1.39. The molecule has 1 aromatic rings. The van der Waals surface area contributed by atoms with Gasteiger partial charge in [-0.05, 0) is 24.5 Å². The molecule has 0 N–H and O–H groups in total. The van der Waals surface area contributed by atoms with Gasteiger partial charge in [0.1, 0.15) is 6.29 Å². The summed E-state index contributed by atoms with van der Waals surface area (Å²) < 4.78 is 0. The van der Waals surface area contributed by atoms with Gasteiger partial charge in [-0.3, -0.25) is 0 Å². The molecular weight excluding hydrogens is 148 g/mol. The highest BCUT2D eigenvalue weighted by Crippen LogP contribution is 2.20. The first kappa shape index (κ1) is 8.98. The number of benzene rings is 1. The average molecular weight is 162 g/mol. The predicted octanol–water partition coefficient (Wildman–Crippen LogP) is 2.69. The topological polar surface area (TPSA) is 17.1 Å². The molecule has 0 radical (unpaired) electrons. The zero-order valence-electron chi connectivity index (χ0n) is 7.58. The van der Waals surface area contributed by atoms with Gasteiger partial charge in [0.05, 0.1) is 0 Å². The molecule has 0 saturated carbocycles. The van der Waals surface area contributed by atoms with Gasteiger partial charge in [-0.15, -0.1) is 0 Å². The number of carbonyl (C=O) groups excluding carboxylic acids is 1. The summed E-state index contributed by atoms with van der Waals surface area (Å²) in [5, 5.41) is 0. The number of hydrogen-bond acceptors (Lipinski definition) is 1. The minimum atomic E-state index is 0.0752. The summed E-state index contributed by atoms with van der Waals surface area (Å²) in [5.41, 5.74) is 2.37. The van der Waals surface area contributed by atoms with Crippen molar-refractivity contribution >= 4 is 6.29 Å². The van der Waals surface area contributed by atoms with E-state index in [0.717, 1.165) is 18.3 Å². The molecule has 0 aliphatic heterocycles. The number of rotatable bonds is 3. The molecule has 12 heavy (non-hydrogen) atoms. The number of hydrogen-bond donors (Lipinski definition) is 0. The Bertz CT molecular complexity index is 265. The second-order valence-corrected chi connectivity index (χ2v) is 3.01. The average Bonchev–Trinajstić information content (AvgIpc) is 2.10. The molecule has 1 atom stereocenters. The van der Waals surface area contributed by atoms with Crippen molar-refractivity contribution in [2.45, 2.75) is 26.2 Å². The molecule has 0 fully saturated rings. The predicted molar refractivity (Wildman–Crippen MR) is 50.3 cm³/mol. The largest absolute Gasteiger partial charge is 0.303 e. The second-order valence-electron chi connectivity index (χ2n) is 3.01. The van der Waals surface area contributed by atoms with E-state index in [0.29, 0.717) is 0 Å². The van der Waals surface area contributed by atoms with Crippen LogP contribution in [0.4, 0.5) is 0 Å². The second kappa shape index (κ2) is 4.05. The minimum absolute atomic E-state index is 0.0752. The minimum Gasteiger partial charge on any atom is -0.303 e. The summed E-state index contributed by atoms with van der Waals surface area (Å²) in [7, 11) is 0. The van der Waals surface area contributed by atoms with Crippen LogP contribution in [0.15, 0.2) is 24.3 Å². The summed E-state index contributed by atoms with van der Waals surface area (Å²) in [4.78, 5) is 10.7. The van der Waals surface area contributed by atoms with Crippen LogP contribution < -0.4 is 0 Å². The van der Waals surface area contributed by atoms with Crippen LogP contribution in [0.3, 0.4) is 0 Å². The first-order valence-electron chi connectivity index (χ1n) is 4.30. The van der Waals surface area contributed by atoms with Crippen LogP contribution in [-0.4, -0.2) is 6.29 Å². The summed E-state index contributed by atoms with van der Waals surface area (Å²) in [6, 6.07) is 8.05. The lowest BCUT2D eigenvalue weighted by atomic mass is 9.94. The van der Waals surface area contributed by atoms with Crippen LogP contribution in [0.25, 0.3) is 0 Å². The molecule has 1 unspecified atom stereocenters. The third-order valence-electron chi connectivity index (χ3n) is 2.19. The van der Waals surface area contributed by atoms with Gasteiger partial charge in [0.2, 0.25) is 0 Å². The van der Waals surface area contributed by atoms with Crippen LogP contribution in [0, 0.1) is 6.92 Å². The smallest absolute Gasteiger partial charge is 0.127 e. The third kappa shape index (κ3) is 1.73. The van der Waals surface area contributed by atoms with Gasteiger partial charge in [0.15, 0.2) is 0 Å². The molecule has 64 valence electrons. The monoisotopic (exact) mass is 162 g/mol. The molecule has 0 aliphatic rings. The van der Waals surface area contributed by atoms with E-state index in [-0.39, 0.29) is 5.92 Å². The van der Waals surface area contributed by atoms with E-state index in [2.05, 4.69) is 0 Å². The van der Waals surface area contributed by atoms with Crippen molar-refractivity contribution in [2.75, 3.05) is 0 Å². The Morgan fingerprint density at radius 1 is 1.42 bits per heavy atom. The molecule has 0 bridgehead atoms. The molecule has 0 aliphatic carbocycles. The fraction of sp³-hybridized carbons (Fsp3) is 0.364. The van der Waals surface area contributed by atoms with Gasteiger partial charge in [-0.1, -0.05) is 31.2 Å². The Morgan fingerprint density at radius 3 is 2.58 bits per heavy atom. The van der Waals surface area contributed by atoms with Crippen molar-refractivity contribution in [3.8, 4) is 0 Å². The van der Waals surface area contributed by atoms with Gasteiger partial charge < -0.3 is 4.79 Å². The molecule has 0 aromatic heterocycles. The van der Waals surface area contributed by atoms with Crippen LogP contribution in [0.1, 0.15) is 30.4 Å². The number of aryl methyl sites for hydroxylation is 1. The maximum absolute atomic E-state index is 10.7. The van der Waals surface area contributed by atoms with E-state index < -0.39 is 0 Å². The highest BCUT2D eigenvalue weighted by atomic mass is 16.1. The van der Waals surface area contributed by atoms with E-state index in [1.165, 1.54) is 5.56 Å². The quantitative estimate of drug-likeness (QED) is 0.624. The Balaban J connectivity index is 3.00. The van der Waals surface area contributed by atoms with Gasteiger partial charge >= 0.3 is 0 Å². The fourth-order valence-corrected chi connectivity index (χ4v) is 1.39. The van der Waals surface area contributed by atoms with Crippen molar-refractivity contribution in [1.29, 1.82) is 0 Å². The molecule has 1 nitrogen and oxygen atoms in total. The summed E-state index contributed by atoms with van der Waals surface area (Å²) >= 11 is 0. The standard InChI is InChI=1S/C11H14O/c1-3-10(8-12)11-7-5-4-6-9(11)2/h4-8,10H,3H2,1-2H3. The molecular formula is C11H14O. The Hall–Kier alpha value is -1.11. The zero-order chi connectivity index (χ0) is 8.97. The van der Waals surface area contributed by atoms with E-state index in [4.69, 9.17) is 0 Å².